The monoisotopic (exact) mass is 174 g/mol. The van der Waals surface area contributed by atoms with E-state index in [1.54, 1.807) is 16.9 Å². The summed E-state index contributed by atoms with van der Waals surface area (Å²) in [6, 6.07) is 3.74. The molecule has 2 heterocycles. The van der Waals surface area contributed by atoms with E-state index in [0.717, 1.165) is 11.5 Å². The van der Waals surface area contributed by atoms with Crippen molar-refractivity contribution in [2.24, 2.45) is 0 Å². The molecule has 13 heavy (non-hydrogen) atoms. The van der Waals surface area contributed by atoms with Crippen LogP contribution in [-0.2, 0) is 0 Å². The van der Waals surface area contributed by atoms with Crippen LogP contribution in [0.2, 0.25) is 0 Å². The Labute approximate surface area is 75.9 Å². The van der Waals surface area contributed by atoms with Gasteiger partial charge in [-0.15, -0.1) is 0 Å². The quantitative estimate of drug-likeness (QED) is 0.753. The van der Waals surface area contributed by atoms with Crippen LogP contribution < -0.4 is 5.32 Å². The zero-order valence-electron chi connectivity index (χ0n) is 7.31. The first-order chi connectivity index (χ1) is 6.42. The van der Waals surface area contributed by atoms with Gasteiger partial charge in [-0.2, -0.15) is 9.61 Å². The average Bonchev–Trinajstić information content (AvgIpc) is 2.62. The van der Waals surface area contributed by atoms with E-state index in [-0.39, 0.29) is 0 Å². The smallest absolute Gasteiger partial charge is 0.157 e. The van der Waals surface area contributed by atoms with Gasteiger partial charge in [0.05, 0.1) is 6.20 Å². The number of hydrogen-bond donors (Lipinski definition) is 1. The maximum atomic E-state index is 4.15. The first kappa shape index (κ1) is 7.79. The van der Waals surface area contributed by atoms with Gasteiger partial charge >= 0.3 is 0 Å². The second-order valence-corrected chi connectivity index (χ2v) is 2.58. The van der Waals surface area contributed by atoms with E-state index in [0.29, 0.717) is 0 Å². The highest BCUT2D eigenvalue weighted by molar-refractivity contribution is 5.47. The first-order valence-corrected chi connectivity index (χ1v) is 4.08. The van der Waals surface area contributed by atoms with Gasteiger partial charge < -0.3 is 5.32 Å². The van der Waals surface area contributed by atoms with E-state index in [1.807, 2.05) is 31.3 Å². The Kier molecular flexibility index (Phi) is 1.96. The van der Waals surface area contributed by atoms with Crippen molar-refractivity contribution < 1.29 is 0 Å². The van der Waals surface area contributed by atoms with Gasteiger partial charge in [0, 0.05) is 12.3 Å². The van der Waals surface area contributed by atoms with Crippen molar-refractivity contribution in [3.63, 3.8) is 0 Å². The number of allylic oxidation sites excluding steroid dienone is 1. The van der Waals surface area contributed by atoms with Crippen LogP contribution >= 0.6 is 0 Å². The van der Waals surface area contributed by atoms with Crippen LogP contribution in [0.4, 0.5) is 5.82 Å². The Hall–Kier alpha value is -1.84. The molecule has 0 bridgehead atoms. The maximum absolute atomic E-state index is 4.15. The summed E-state index contributed by atoms with van der Waals surface area (Å²) < 4.78 is 1.75. The van der Waals surface area contributed by atoms with E-state index in [4.69, 9.17) is 0 Å². The molecular formula is C9H10N4. The number of hydrogen-bond acceptors (Lipinski definition) is 3. The zero-order chi connectivity index (χ0) is 9.10. The molecular weight excluding hydrogens is 164 g/mol. The fraction of sp³-hybridized carbons (Fsp3) is 0.111. The van der Waals surface area contributed by atoms with Crippen LogP contribution in [0.15, 0.2) is 36.8 Å². The molecule has 0 atom stereocenters. The summed E-state index contributed by atoms with van der Waals surface area (Å²) in [5.41, 5.74) is 0.842. The van der Waals surface area contributed by atoms with Crippen LogP contribution in [0.3, 0.4) is 0 Å². The predicted octanol–water partition coefficient (Wildman–Crippen LogP) is 1.67. The lowest BCUT2D eigenvalue weighted by Gasteiger charge is -2.02. The molecule has 1 N–H and O–H groups in total. The molecule has 2 aromatic rings. The van der Waals surface area contributed by atoms with E-state index in [9.17, 15) is 0 Å². The van der Waals surface area contributed by atoms with Gasteiger partial charge in [0.2, 0.25) is 0 Å². The number of nitrogens with one attached hydrogen (secondary N) is 1. The summed E-state index contributed by atoms with van der Waals surface area (Å²) in [4.78, 5) is 4.15. The Bertz CT molecular complexity index is 430. The number of aromatic nitrogens is 3. The van der Waals surface area contributed by atoms with Crippen molar-refractivity contribution >= 4 is 11.5 Å². The molecule has 4 nitrogen and oxygen atoms in total. The first-order valence-electron chi connectivity index (χ1n) is 4.08. The molecule has 0 amide bonds. The van der Waals surface area contributed by atoms with E-state index >= 15 is 0 Å². The maximum Gasteiger partial charge on any atom is 0.157 e. The number of rotatable bonds is 2. The van der Waals surface area contributed by atoms with Crippen molar-refractivity contribution in [3.8, 4) is 0 Å². The summed E-state index contributed by atoms with van der Waals surface area (Å²) in [7, 11) is 0. The number of fused-ring (bicyclic) bond motifs is 1. The third-order valence-corrected chi connectivity index (χ3v) is 1.69. The molecule has 0 unspecified atom stereocenters. The van der Waals surface area contributed by atoms with E-state index in [2.05, 4.69) is 15.4 Å². The highest BCUT2D eigenvalue weighted by Gasteiger charge is 1.97. The molecule has 2 aromatic heterocycles. The molecule has 2 rings (SSSR count). The topological polar surface area (TPSA) is 42.2 Å². The molecule has 0 aliphatic carbocycles. The highest BCUT2D eigenvalue weighted by Crippen LogP contribution is 2.07. The SMILES string of the molecule is C/C=C\Nc1ccnc2ccnn12. The van der Waals surface area contributed by atoms with Crippen molar-refractivity contribution in [3.05, 3.63) is 36.8 Å². The molecule has 0 aliphatic rings. The van der Waals surface area contributed by atoms with Crippen molar-refractivity contribution in [1.29, 1.82) is 0 Å². The summed E-state index contributed by atoms with van der Waals surface area (Å²) in [6.45, 7) is 1.95. The van der Waals surface area contributed by atoms with Crippen LogP contribution in [0.25, 0.3) is 5.65 Å². The van der Waals surface area contributed by atoms with Gasteiger partial charge in [0.1, 0.15) is 5.82 Å². The molecule has 0 aromatic carbocycles. The van der Waals surface area contributed by atoms with Gasteiger partial charge in [-0.05, 0) is 19.2 Å². The molecule has 0 saturated heterocycles. The van der Waals surface area contributed by atoms with Gasteiger partial charge in [0.15, 0.2) is 5.65 Å². The Morgan fingerprint density at radius 1 is 1.38 bits per heavy atom. The summed E-state index contributed by atoms with van der Waals surface area (Å²) in [6.07, 6.45) is 7.26. The van der Waals surface area contributed by atoms with Crippen molar-refractivity contribution in [2.45, 2.75) is 6.92 Å². The van der Waals surface area contributed by atoms with E-state index in [1.165, 1.54) is 0 Å². The summed E-state index contributed by atoms with van der Waals surface area (Å²) in [5.74, 6) is 0.910. The largest absolute Gasteiger partial charge is 0.347 e. The second kappa shape index (κ2) is 3.26. The van der Waals surface area contributed by atoms with Crippen molar-refractivity contribution in [2.75, 3.05) is 5.32 Å². The van der Waals surface area contributed by atoms with E-state index < -0.39 is 0 Å². The standard InChI is InChI=1S/C9H10N4/c1-2-5-10-8-3-6-11-9-4-7-12-13(8)9/h2-7,10H,1H3/b5-2-. The number of anilines is 1. The van der Waals surface area contributed by atoms with Crippen LogP contribution in [0.1, 0.15) is 6.92 Å². The van der Waals surface area contributed by atoms with Gasteiger partial charge in [0.25, 0.3) is 0 Å². The molecule has 0 fully saturated rings. The fourth-order valence-electron chi connectivity index (χ4n) is 1.11. The second-order valence-electron chi connectivity index (χ2n) is 2.58. The molecule has 4 heteroatoms. The Balaban J connectivity index is 2.48. The van der Waals surface area contributed by atoms with Crippen molar-refractivity contribution in [1.82, 2.24) is 14.6 Å². The average molecular weight is 174 g/mol. The minimum absolute atomic E-state index is 0.842. The molecule has 0 radical (unpaired) electrons. The lowest BCUT2D eigenvalue weighted by molar-refractivity contribution is 0.946. The number of nitrogens with zero attached hydrogens (tertiary/aromatic N) is 3. The van der Waals surface area contributed by atoms with Crippen LogP contribution in [-0.4, -0.2) is 14.6 Å². The minimum atomic E-state index is 0.842. The normalized spacial score (nSPS) is 11.2. The minimum Gasteiger partial charge on any atom is -0.347 e. The fourth-order valence-corrected chi connectivity index (χ4v) is 1.11. The third kappa shape index (κ3) is 1.38. The van der Waals surface area contributed by atoms with Gasteiger partial charge in [-0.25, -0.2) is 4.98 Å². The Morgan fingerprint density at radius 2 is 2.31 bits per heavy atom. The Morgan fingerprint density at radius 3 is 3.15 bits per heavy atom. The highest BCUT2D eigenvalue weighted by atomic mass is 15.3. The predicted molar refractivity (Wildman–Crippen MR) is 51.4 cm³/mol. The summed E-state index contributed by atoms with van der Waals surface area (Å²) in [5, 5.41) is 7.23. The zero-order valence-corrected chi connectivity index (χ0v) is 7.31. The van der Waals surface area contributed by atoms with Crippen LogP contribution in [0, 0.1) is 0 Å². The molecule has 0 saturated carbocycles. The molecule has 0 spiro atoms. The van der Waals surface area contributed by atoms with Gasteiger partial charge in [-0.1, -0.05) is 6.08 Å². The lowest BCUT2D eigenvalue weighted by Crippen LogP contribution is -1.98. The summed E-state index contributed by atoms with van der Waals surface area (Å²) >= 11 is 0. The molecule has 0 aliphatic heterocycles. The lowest BCUT2D eigenvalue weighted by atomic mass is 10.5. The molecule has 66 valence electrons. The van der Waals surface area contributed by atoms with Gasteiger partial charge in [-0.3, -0.25) is 0 Å². The van der Waals surface area contributed by atoms with Crippen LogP contribution in [0.5, 0.6) is 0 Å². The third-order valence-electron chi connectivity index (χ3n) is 1.69.